The number of alkyl halides is 2. The van der Waals surface area contributed by atoms with E-state index in [-0.39, 0.29) is 16.3 Å². The minimum absolute atomic E-state index is 0.000880. The van der Waals surface area contributed by atoms with Crippen molar-refractivity contribution in [3.05, 3.63) is 22.5 Å². The number of nitriles is 1. The molecule has 0 spiro atoms. The molecule has 0 aliphatic heterocycles. The number of aromatic nitrogens is 1. The Morgan fingerprint density at radius 3 is 2.69 bits per heavy atom. The largest absolute Gasteiger partial charge is 0.396 e. The fourth-order valence-electron chi connectivity index (χ4n) is 0.801. The van der Waals surface area contributed by atoms with E-state index in [9.17, 15) is 8.78 Å². The standard InChI is InChI=1S/C7H4ClF2N3/c8-4-2-13-6(7(9)10)3(1-11)5(4)12/h2,7H,(H2,12,13). The molecule has 0 amide bonds. The van der Waals surface area contributed by atoms with Crippen LogP contribution < -0.4 is 5.73 Å². The lowest BCUT2D eigenvalue weighted by molar-refractivity contribution is 0.146. The van der Waals surface area contributed by atoms with Crippen molar-refractivity contribution >= 4 is 17.3 Å². The van der Waals surface area contributed by atoms with E-state index < -0.39 is 12.1 Å². The van der Waals surface area contributed by atoms with E-state index in [1.807, 2.05) is 0 Å². The molecule has 0 atom stereocenters. The van der Waals surface area contributed by atoms with Crippen LogP contribution in [0.1, 0.15) is 17.7 Å². The molecule has 0 bridgehead atoms. The lowest BCUT2D eigenvalue weighted by atomic mass is 10.2. The van der Waals surface area contributed by atoms with Crippen molar-refractivity contribution in [1.29, 1.82) is 5.26 Å². The van der Waals surface area contributed by atoms with Crippen molar-refractivity contribution in [3.63, 3.8) is 0 Å². The van der Waals surface area contributed by atoms with E-state index in [1.165, 1.54) is 6.07 Å². The van der Waals surface area contributed by atoms with Gasteiger partial charge in [-0.3, -0.25) is 4.98 Å². The van der Waals surface area contributed by atoms with E-state index in [1.54, 1.807) is 0 Å². The van der Waals surface area contributed by atoms with Crippen molar-refractivity contribution in [2.45, 2.75) is 6.43 Å². The molecule has 6 heteroatoms. The summed E-state index contributed by atoms with van der Waals surface area (Å²) < 4.78 is 24.4. The van der Waals surface area contributed by atoms with Crippen LogP contribution in [0.3, 0.4) is 0 Å². The number of nitrogens with two attached hydrogens (primary N) is 1. The van der Waals surface area contributed by atoms with Gasteiger partial charge in [0.15, 0.2) is 0 Å². The zero-order valence-corrected chi connectivity index (χ0v) is 7.02. The summed E-state index contributed by atoms with van der Waals surface area (Å²) in [6.45, 7) is 0. The van der Waals surface area contributed by atoms with Gasteiger partial charge in [0.1, 0.15) is 17.3 Å². The third kappa shape index (κ3) is 1.68. The van der Waals surface area contributed by atoms with Crippen LogP contribution in [0, 0.1) is 11.3 Å². The van der Waals surface area contributed by atoms with Gasteiger partial charge in [-0.05, 0) is 0 Å². The fourth-order valence-corrected chi connectivity index (χ4v) is 0.944. The molecular weight excluding hydrogens is 200 g/mol. The second-order valence-corrected chi connectivity index (χ2v) is 2.60. The van der Waals surface area contributed by atoms with Gasteiger partial charge in [0.2, 0.25) is 0 Å². The summed E-state index contributed by atoms with van der Waals surface area (Å²) in [5.74, 6) is 0. The van der Waals surface area contributed by atoms with Crippen LogP contribution in [-0.4, -0.2) is 4.98 Å². The number of hydrogen-bond acceptors (Lipinski definition) is 3. The summed E-state index contributed by atoms with van der Waals surface area (Å²) in [6.07, 6.45) is -1.83. The van der Waals surface area contributed by atoms with E-state index in [0.29, 0.717) is 0 Å². The van der Waals surface area contributed by atoms with Crippen molar-refractivity contribution in [1.82, 2.24) is 4.98 Å². The summed E-state index contributed by atoms with van der Waals surface area (Å²) in [6, 6.07) is 1.53. The average Bonchev–Trinajstić information content (AvgIpc) is 2.09. The van der Waals surface area contributed by atoms with Gasteiger partial charge in [0.05, 0.1) is 10.7 Å². The van der Waals surface area contributed by atoms with Crippen LogP contribution >= 0.6 is 11.6 Å². The van der Waals surface area contributed by atoms with Crippen molar-refractivity contribution in [3.8, 4) is 6.07 Å². The number of pyridine rings is 1. The van der Waals surface area contributed by atoms with Gasteiger partial charge >= 0.3 is 0 Å². The summed E-state index contributed by atoms with van der Waals surface area (Å²) in [7, 11) is 0. The van der Waals surface area contributed by atoms with Crippen LogP contribution in [-0.2, 0) is 0 Å². The molecule has 0 aliphatic carbocycles. The zero-order chi connectivity index (χ0) is 10.0. The fraction of sp³-hybridized carbons (Fsp3) is 0.143. The molecule has 0 aliphatic rings. The van der Waals surface area contributed by atoms with Gasteiger partial charge < -0.3 is 5.73 Å². The lowest BCUT2D eigenvalue weighted by Gasteiger charge is -2.04. The Bertz CT molecular complexity index is 373. The molecule has 0 fully saturated rings. The Morgan fingerprint density at radius 1 is 1.62 bits per heavy atom. The molecule has 1 rings (SSSR count). The Kier molecular flexibility index (Phi) is 2.63. The molecule has 68 valence electrons. The van der Waals surface area contributed by atoms with Gasteiger partial charge in [-0.25, -0.2) is 8.78 Å². The highest BCUT2D eigenvalue weighted by atomic mass is 35.5. The van der Waals surface area contributed by atoms with Crippen molar-refractivity contribution in [2.75, 3.05) is 5.73 Å². The third-order valence-corrected chi connectivity index (χ3v) is 1.72. The van der Waals surface area contributed by atoms with Gasteiger partial charge in [0.25, 0.3) is 6.43 Å². The van der Waals surface area contributed by atoms with Gasteiger partial charge in [-0.15, -0.1) is 0 Å². The minimum atomic E-state index is -2.82. The predicted octanol–water partition coefficient (Wildman–Crippen LogP) is 2.13. The topological polar surface area (TPSA) is 62.7 Å². The SMILES string of the molecule is N#Cc1c(C(F)F)ncc(Cl)c1N. The van der Waals surface area contributed by atoms with Gasteiger partial charge in [-0.1, -0.05) is 11.6 Å². The first-order valence-corrected chi connectivity index (χ1v) is 3.57. The first-order valence-electron chi connectivity index (χ1n) is 3.20. The van der Waals surface area contributed by atoms with Crippen LogP contribution in [0.4, 0.5) is 14.5 Å². The van der Waals surface area contributed by atoms with Crippen LogP contribution in [0.15, 0.2) is 6.20 Å². The molecule has 0 saturated heterocycles. The molecule has 0 unspecified atom stereocenters. The van der Waals surface area contributed by atoms with Crippen LogP contribution in [0.5, 0.6) is 0 Å². The number of nitrogens with zero attached hydrogens (tertiary/aromatic N) is 2. The van der Waals surface area contributed by atoms with Crippen LogP contribution in [0.25, 0.3) is 0 Å². The number of nitrogen functional groups attached to an aromatic ring is 1. The zero-order valence-electron chi connectivity index (χ0n) is 6.26. The molecule has 0 radical (unpaired) electrons. The molecule has 3 nitrogen and oxygen atoms in total. The molecule has 0 saturated carbocycles. The quantitative estimate of drug-likeness (QED) is 0.761. The molecule has 1 aromatic heterocycles. The number of hydrogen-bond donors (Lipinski definition) is 1. The summed E-state index contributed by atoms with van der Waals surface area (Å²) in [5, 5.41) is 8.51. The maximum absolute atomic E-state index is 12.2. The lowest BCUT2D eigenvalue weighted by Crippen LogP contribution is -2.01. The van der Waals surface area contributed by atoms with Gasteiger partial charge in [0, 0.05) is 6.20 Å². The van der Waals surface area contributed by atoms with Crippen LogP contribution in [0.2, 0.25) is 5.02 Å². The first-order chi connectivity index (χ1) is 6.07. The molecular formula is C7H4ClF2N3. The Hall–Kier alpha value is -1.41. The molecule has 2 N–H and O–H groups in total. The Morgan fingerprint density at radius 2 is 2.23 bits per heavy atom. The van der Waals surface area contributed by atoms with E-state index in [4.69, 9.17) is 22.6 Å². The van der Waals surface area contributed by atoms with E-state index in [0.717, 1.165) is 6.20 Å². The maximum atomic E-state index is 12.2. The van der Waals surface area contributed by atoms with Gasteiger partial charge in [-0.2, -0.15) is 5.26 Å². The first kappa shape index (κ1) is 9.68. The summed E-state index contributed by atoms with van der Waals surface area (Å²) in [5.41, 5.74) is 4.15. The van der Waals surface area contributed by atoms with Crippen molar-refractivity contribution < 1.29 is 8.78 Å². The van der Waals surface area contributed by atoms with Crippen molar-refractivity contribution in [2.24, 2.45) is 0 Å². The predicted molar refractivity (Wildman–Crippen MR) is 43.3 cm³/mol. The summed E-state index contributed by atoms with van der Waals surface area (Å²) in [4.78, 5) is 3.32. The molecule has 13 heavy (non-hydrogen) atoms. The summed E-state index contributed by atoms with van der Waals surface area (Å²) >= 11 is 5.49. The number of halogens is 3. The normalized spacial score (nSPS) is 10.1. The number of anilines is 1. The second kappa shape index (κ2) is 3.54. The van der Waals surface area contributed by atoms with E-state index >= 15 is 0 Å². The molecule has 0 aromatic carbocycles. The maximum Gasteiger partial charge on any atom is 0.281 e. The smallest absolute Gasteiger partial charge is 0.281 e. The Balaban J connectivity index is 3.41. The van der Waals surface area contributed by atoms with E-state index in [2.05, 4.69) is 4.98 Å². The highest BCUT2D eigenvalue weighted by Gasteiger charge is 2.18. The second-order valence-electron chi connectivity index (χ2n) is 2.19. The highest BCUT2D eigenvalue weighted by Crippen LogP contribution is 2.28. The molecule has 1 heterocycles. The Labute approximate surface area is 77.7 Å². The molecule has 1 aromatic rings. The monoisotopic (exact) mass is 203 g/mol. The third-order valence-electron chi connectivity index (χ3n) is 1.42. The average molecular weight is 204 g/mol. The highest BCUT2D eigenvalue weighted by molar-refractivity contribution is 6.33. The number of rotatable bonds is 1. The minimum Gasteiger partial charge on any atom is -0.396 e.